The van der Waals surface area contributed by atoms with Crippen molar-refractivity contribution in [3.05, 3.63) is 36.5 Å². The highest BCUT2D eigenvalue weighted by Crippen LogP contribution is 2.29. The van der Waals surface area contributed by atoms with Gasteiger partial charge in [-0.1, -0.05) is 0 Å². The predicted octanol–water partition coefficient (Wildman–Crippen LogP) is 2.26. The van der Waals surface area contributed by atoms with E-state index in [9.17, 15) is 5.26 Å². The molecule has 3 heterocycles. The number of pyridine rings is 1. The van der Waals surface area contributed by atoms with Gasteiger partial charge in [0, 0.05) is 55.9 Å². The maximum atomic E-state index is 9.31. The number of nitriles is 1. The number of rotatable bonds is 8. The first-order valence-corrected chi connectivity index (χ1v) is 9.42. The van der Waals surface area contributed by atoms with Crippen LogP contribution >= 0.6 is 0 Å². The maximum absolute atomic E-state index is 9.31. The third-order valence-corrected chi connectivity index (χ3v) is 4.23. The van der Waals surface area contributed by atoms with Gasteiger partial charge in [-0.15, -0.1) is 0 Å². The van der Waals surface area contributed by atoms with E-state index in [1.165, 1.54) is 6.20 Å². The van der Waals surface area contributed by atoms with Gasteiger partial charge in [-0.3, -0.25) is 4.68 Å². The zero-order valence-electron chi connectivity index (χ0n) is 17.7. The summed E-state index contributed by atoms with van der Waals surface area (Å²) < 4.78 is 7.57. The summed E-state index contributed by atoms with van der Waals surface area (Å²) in [5.41, 5.74) is 2.92. The Balaban J connectivity index is 1.83. The van der Waals surface area contributed by atoms with Crippen molar-refractivity contribution in [2.24, 2.45) is 7.05 Å². The molecule has 3 aromatic heterocycles. The van der Waals surface area contributed by atoms with E-state index in [-0.39, 0.29) is 17.7 Å². The van der Waals surface area contributed by atoms with Crippen molar-refractivity contribution in [2.75, 3.05) is 38.3 Å². The van der Waals surface area contributed by atoms with Crippen LogP contribution in [0.5, 0.6) is 5.88 Å². The third kappa shape index (κ3) is 5.01. The number of hydrogen-bond acceptors (Lipinski definition) is 9. The smallest absolute Gasteiger partial charge is 0.253 e. The van der Waals surface area contributed by atoms with Crippen molar-refractivity contribution in [2.45, 2.75) is 13.0 Å². The van der Waals surface area contributed by atoms with Gasteiger partial charge in [0.15, 0.2) is 5.82 Å². The van der Waals surface area contributed by atoms with Crippen LogP contribution in [0.15, 0.2) is 30.9 Å². The maximum Gasteiger partial charge on any atom is 0.253 e. The van der Waals surface area contributed by atoms with Crippen LogP contribution in [0.2, 0.25) is 0 Å². The first kappa shape index (κ1) is 21.0. The molecule has 0 saturated heterocycles. The van der Waals surface area contributed by atoms with Crippen LogP contribution in [0.25, 0.3) is 11.1 Å². The SMILES string of the molecule is CNc1cc(Nc2cnc(C#N)c(O[C@@H](C)CN(C)C)n2)ncc1-c1cnn(C)c1. The number of aryl methyl sites for hydroxylation is 1. The minimum atomic E-state index is -0.149. The Bertz CT molecular complexity index is 1050. The molecule has 0 saturated carbocycles. The molecule has 0 spiro atoms. The Kier molecular flexibility index (Phi) is 6.44. The van der Waals surface area contributed by atoms with E-state index in [1.54, 1.807) is 17.1 Å². The Morgan fingerprint density at radius 2 is 2.03 bits per heavy atom. The topological polar surface area (TPSA) is 117 Å². The highest BCUT2D eigenvalue weighted by Gasteiger charge is 2.14. The molecule has 156 valence electrons. The fraction of sp³-hybridized carbons (Fsp3) is 0.350. The van der Waals surface area contributed by atoms with E-state index < -0.39 is 0 Å². The van der Waals surface area contributed by atoms with Crippen LogP contribution in [0.1, 0.15) is 12.6 Å². The van der Waals surface area contributed by atoms with E-state index in [2.05, 4.69) is 30.7 Å². The molecule has 0 unspecified atom stereocenters. The first-order valence-electron chi connectivity index (χ1n) is 9.42. The molecule has 0 radical (unpaired) electrons. The molecule has 0 bridgehead atoms. The normalized spacial score (nSPS) is 11.8. The number of nitrogens with zero attached hydrogens (tertiary/aromatic N) is 7. The molecule has 0 aliphatic rings. The number of nitrogens with one attached hydrogen (secondary N) is 2. The summed E-state index contributed by atoms with van der Waals surface area (Å²) in [5, 5.41) is 19.8. The molecule has 0 amide bonds. The van der Waals surface area contributed by atoms with Crippen LogP contribution in [0.4, 0.5) is 17.3 Å². The van der Waals surface area contributed by atoms with Gasteiger partial charge in [0.2, 0.25) is 5.69 Å². The minimum absolute atomic E-state index is 0.141. The van der Waals surface area contributed by atoms with Crippen molar-refractivity contribution in [3.8, 4) is 23.1 Å². The van der Waals surface area contributed by atoms with Gasteiger partial charge >= 0.3 is 0 Å². The van der Waals surface area contributed by atoms with E-state index in [1.807, 2.05) is 58.3 Å². The lowest BCUT2D eigenvalue weighted by Crippen LogP contribution is -2.28. The van der Waals surface area contributed by atoms with Crippen LogP contribution in [0.3, 0.4) is 0 Å². The fourth-order valence-electron chi connectivity index (χ4n) is 2.99. The highest BCUT2D eigenvalue weighted by molar-refractivity contribution is 5.78. The third-order valence-electron chi connectivity index (χ3n) is 4.23. The van der Waals surface area contributed by atoms with Crippen LogP contribution in [0, 0.1) is 11.3 Å². The monoisotopic (exact) mass is 407 g/mol. The van der Waals surface area contributed by atoms with E-state index in [0.29, 0.717) is 18.2 Å². The molecule has 3 rings (SSSR count). The molecular formula is C20H25N9O. The molecule has 30 heavy (non-hydrogen) atoms. The second kappa shape index (κ2) is 9.19. The minimum Gasteiger partial charge on any atom is -0.471 e. The average Bonchev–Trinajstić information content (AvgIpc) is 3.13. The summed E-state index contributed by atoms with van der Waals surface area (Å²) in [6, 6.07) is 3.89. The summed E-state index contributed by atoms with van der Waals surface area (Å²) in [4.78, 5) is 15.0. The van der Waals surface area contributed by atoms with Crippen molar-refractivity contribution in [1.82, 2.24) is 29.6 Å². The lowest BCUT2D eigenvalue weighted by atomic mass is 10.1. The number of hydrogen-bond donors (Lipinski definition) is 2. The second-order valence-electron chi connectivity index (χ2n) is 7.10. The molecule has 0 fully saturated rings. The van der Waals surface area contributed by atoms with Crippen molar-refractivity contribution >= 4 is 17.3 Å². The van der Waals surface area contributed by atoms with Crippen LogP contribution in [-0.4, -0.2) is 63.4 Å². The lowest BCUT2D eigenvalue weighted by Gasteiger charge is -2.18. The van der Waals surface area contributed by atoms with Gasteiger partial charge in [-0.2, -0.15) is 15.3 Å². The Morgan fingerprint density at radius 3 is 2.67 bits per heavy atom. The second-order valence-corrected chi connectivity index (χ2v) is 7.10. The van der Waals surface area contributed by atoms with Crippen molar-refractivity contribution < 1.29 is 4.74 Å². The van der Waals surface area contributed by atoms with Gasteiger partial charge in [0.25, 0.3) is 5.88 Å². The molecule has 2 N–H and O–H groups in total. The predicted molar refractivity (Wildman–Crippen MR) is 115 cm³/mol. The van der Waals surface area contributed by atoms with E-state index in [0.717, 1.165) is 16.8 Å². The number of anilines is 3. The summed E-state index contributed by atoms with van der Waals surface area (Å²) in [6.45, 7) is 2.61. The van der Waals surface area contributed by atoms with Crippen molar-refractivity contribution in [1.29, 1.82) is 5.26 Å². The number of likely N-dealkylation sites (N-methyl/N-ethyl adjacent to an activating group) is 1. The fourth-order valence-corrected chi connectivity index (χ4v) is 2.99. The summed E-state index contributed by atoms with van der Waals surface area (Å²) in [5.74, 6) is 1.21. The molecule has 0 aliphatic carbocycles. The standard InChI is InChI=1S/C20H25N9O/c1-13(11-28(3)4)30-20-17(7-21)23-10-19(27-20)26-18-6-16(22-2)15(9-24-18)14-8-25-29(5)12-14/h6,8-10,12-13H,11H2,1-5H3,(H2,22,24,26,27)/t13-/m0/s1. The Hall–Kier alpha value is -3.71. The van der Waals surface area contributed by atoms with Crippen LogP contribution in [-0.2, 0) is 7.05 Å². The molecular weight excluding hydrogens is 382 g/mol. The highest BCUT2D eigenvalue weighted by atomic mass is 16.5. The van der Waals surface area contributed by atoms with E-state index in [4.69, 9.17) is 4.74 Å². The van der Waals surface area contributed by atoms with E-state index >= 15 is 0 Å². The zero-order chi connectivity index (χ0) is 21.7. The largest absolute Gasteiger partial charge is 0.471 e. The Morgan fingerprint density at radius 1 is 1.23 bits per heavy atom. The molecule has 3 aromatic rings. The first-order chi connectivity index (χ1) is 14.4. The zero-order valence-corrected chi connectivity index (χ0v) is 17.7. The summed E-state index contributed by atoms with van der Waals surface area (Å²) in [7, 11) is 7.62. The summed E-state index contributed by atoms with van der Waals surface area (Å²) >= 11 is 0. The molecule has 0 aromatic carbocycles. The lowest BCUT2D eigenvalue weighted by molar-refractivity contribution is 0.169. The number of ether oxygens (including phenoxy) is 1. The summed E-state index contributed by atoms with van der Waals surface area (Å²) in [6.07, 6.45) is 6.81. The molecule has 10 heteroatoms. The molecule has 10 nitrogen and oxygen atoms in total. The molecule has 1 atom stereocenters. The quantitative estimate of drug-likeness (QED) is 0.580. The van der Waals surface area contributed by atoms with Gasteiger partial charge in [-0.05, 0) is 21.0 Å². The van der Waals surface area contributed by atoms with Gasteiger partial charge in [-0.25, -0.2) is 9.97 Å². The van der Waals surface area contributed by atoms with Crippen molar-refractivity contribution in [3.63, 3.8) is 0 Å². The average molecular weight is 407 g/mol. The van der Waals surface area contributed by atoms with Gasteiger partial charge < -0.3 is 20.3 Å². The molecule has 0 aliphatic heterocycles. The Labute approximate surface area is 175 Å². The van der Waals surface area contributed by atoms with Gasteiger partial charge in [0.05, 0.1) is 12.4 Å². The number of aromatic nitrogens is 5. The van der Waals surface area contributed by atoms with Gasteiger partial charge in [0.1, 0.15) is 18.0 Å². The van der Waals surface area contributed by atoms with Crippen LogP contribution < -0.4 is 15.4 Å².